The SMILES string of the molecule is COc1nc(Cl)nc(Nc2ccc(Cl)c(F)c2)n1. The van der Waals surface area contributed by atoms with E-state index in [1.165, 1.54) is 19.2 Å². The van der Waals surface area contributed by atoms with Gasteiger partial charge in [-0.3, -0.25) is 0 Å². The molecule has 1 aromatic carbocycles. The minimum atomic E-state index is -0.547. The third-order valence-corrected chi connectivity index (χ3v) is 2.42. The van der Waals surface area contributed by atoms with E-state index in [9.17, 15) is 4.39 Å². The number of nitrogens with one attached hydrogen (secondary N) is 1. The van der Waals surface area contributed by atoms with Gasteiger partial charge < -0.3 is 10.1 Å². The summed E-state index contributed by atoms with van der Waals surface area (Å²) in [5, 5.41) is 2.77. The predicted molar refractivity (Wildman–Crippen MR) is 66.1 cm³/mol. The van der Waals surface area contributed by atoms with Gasteiger partial charge in [-0.2, -0.15) is 15.0 Å². The standard InChI is InChI=1S/C10H7Cl2FN4O/c1-18-10-16-8(12)15-9(17-10)14-5-2-3-6(11)7(13)4-5/h2-4H,1H3,(H,14,15,16,17). The van der Waals surface area contributed by atoms with Gasteiger partial charge in [-0.1, -0.05) is 11.6 Å². The number of anilines is 2. The van der Waals surface area contributed by atoms with Crippen molar-refractivity contribution in [1.82, 2.24) is 15.0 Å². The summed E-state index contributed by atoms with van der Waals surface area (Å²) in [4.78, 5) is 11.4. The third kappa shape index (κ3) is 2.96. The summed E-state index contributed by atoms with van der Waals surface area (Å²) >= 11 is 11.2. The van der Waals surface area contributed by atoms with Gasteiger partial charge in [0.1, 0.15) is 5.82 Å². The Balaban J connectivity index is 2.27. The van der Waals surface area contributed by atoms with Crippen LogP contribution in [0.4, 0.5) is 16.0 Å². The molecular weight excluding hydrogens is 282 g/mol. The van der Waals surface area contributed by atoms with Crippen LogP contribution >= 0.6 is 23.2 Å². The minimum absolute atomic E-state index is 0.0289. The molecule has 0 atom stereocenters. The molecule has 0 aliphatic rings. The van der Waals surface area contributed by atoms with Crippen LogP contribution in [0.5, 0.6) is 6.01 Å². The highest BCUT2D eigenvalue weighted by Crippen LogP contribution is 2.21. The molecule has 0 saturated heterocycles. The zero-order valence-electron chi connectivity index (χ0n) is 9.12. The summed E-state index contributed by atoms with van der Waals surface area (Å²) < 4.78 is 18.1. The lowest BCUT2D eigenvalue weighted by molar-refractivity contribution is 0.379. The molecular formula is C10H7Cl2FN4O. The molecule has 1 heterocycles. The average molecular weight is 289 g/mol. The Morgan fingerprint density at radius 3 is 2.67 bits per heavy atom. The van der Waals surface area contributed by atoms with E-state index in [0.717, 1.165) is 0 Å². The van der Waals surface area contributed by atoms with Crippen molar-refractivity contribution in [3.05, 3.63) is 34.3 Å². The zero-order valence-corrected chi connectivity index (χ0v) is 10.6. The molecule has 0 fully saturated rings. The van der Waals surface area contributed by atoms with Gasteiger partial charge in [-0.05, 0) is 29.8 Å². The van der Waals surface area contributed by atoms with Gasteiger partial charge in [0, 0.05) is 5.69 Å². The Hall–Kier alpha value is -1.66. The Morgan fingerprint density at radius 1 is 1.22 bits per heavy atom. The molecule has 94 valence electrons. The van der Waals surface area contributed by atoms with Crippen LogP contribution in [-0.2, 0) is 0 Å². The van der Waals surface area contributed by atoms with Crippen LogP contribution < -0.4 is 10.1 Å². The number of halogens is 3. The fraction of sp³-hybridized carbons (Fsp3) is 0.100. The molecule has 1 aromatic heterocycles. The molecule has 1 N–H and O–H groups in total. The lowest BCUT2D eigenvalue weighted by Crippen LogP contribution is -2.01. The van der Waals surface area contributed by atoms with Crippen LogP contribution in [0.3, 0.4) is 0 Å². The van der Waals surface area contributed by atoms with Crippen molar-refractivity contribution in [1.29, 1.82) is 0 Å². The van der Waals surface area contributed by atoms with E-state index in [1.807, 2.05) is 0 Å². The van der Waals surface area contributed by atoms with E-state index in [2.05, 4.69) is 20.3 Å². The second-order valence-electron chi connectivity index (χ2n) is 3.17. The van der Waals surface area contributed by atoms with Crippen LogP contribution in [-0.4, -0.2) is 22.1 Å². The molecule has 0 amide bonds. The van der Waals surface area contributed by atoms with Crippen molar-refractivity contribution >= 4 is 34.8 Å². The summed E-state index contributed by atoms with van der Waals surface area (Å²) in [7, 11) is 1.40. The highest BCUT2D eigenvalue weighted by molar-refractivity contribution is 6.30. The van der Waals surface area contributed by atoms with Gasteiger partial charge in [0.05, 0.1) is 12.1 Å². The van der Waals surface area contributed by atoms with Crippen LogP contribution in [0.1, 0.15) is 0 Å². The monoisotopic (exact) mass is 288 g/mol. The molecule has 0 bridgehead atoms. The number of benzene rings is 1. The number of hydrogen-bond donors (Lipinski definition) is 1. The molecule has 0 unspecified atom stereocenters. The molecule has 8 heteroatoms. The first kappa shape index (κ1) is 12.8. The number of ether oxygens (including phenoxy) is 1. The molecule has 5 nitrogen and oxygen atoms in total. The average Bonchev–Trinajstić information content (AvgIpc) is 2.33. The first-order valence-corrected chi connectivity index (χ1v) is 5.51. The molecule has 0 saturated carbocycles. The van der Waals surface area contributed by atoms with Gasteiger partial charge in [0.2, 0.25) is 11.2 Å². The van der Waals surface area contributed by atoms with Crippen molar-refractivity contribution < 1.29 is 9.13 Å². The van der Waals surface area contributed by atoms with Gasteiger partial charge in [-0.25, -0.2) is 4.39 Å². The van der Waals surface area contributed by atoms with Crippen molar-refractivity contribution in [2.24, 2.45) is 0 Å². The molecule has 2 aromatic rings. The summed E-state index contributed by atoms with van der Waals surface area (Å²) in [6, 6.07) is 4.27. The van der Waals surface area contributed by atoms with Crippen molar-refractivity contribution in [3.8, 4) is 6.01 Å². The number of hydrogen-bond acceptors (Lipinski definition) is 5. The molecule has 0 spiro atoms. The largest absolute Gasteiger partial charge is 0.467 e. The van der Waals surface area contributed by atoms with E-state index >= 15 is 0 Å². The smallest absolute Gasteiger partial charge is 0.322 e. The Morgan fingerprint density at radius 2 is 2.00 bits per heavy atom. The Bertz CT molecular complexity index is 582. The lowest BCUT2D eigenvalue weighted by atomic mass is 10.3. The van der Waals surface area contributed by atoms with E-state index in [1.54, 1.807) is 6.07 Å². The number of nitrogens with zero attached hydrogens (tertiary/aromatic N) is 3. The van der Waals surface area contributed by atoms with E-state index in [0.29, 0.717) is 5.69 Å². The van der Waals surface area contributed by atoms with Gasteiger partial charge in [0.15, 0.2) is 0 Å². The molecule has 0 aliphatic heterocycles. The maximum Gasteiger partial charge on any atom is 0.322 e. The summed E-state index contributed by atoms with van der Waals surface area (Å²) in [6.45, 7) is 0. The quantitative estimate of drug-likeness (QED) is 0.941. The second-order valence-corrected chi connectivity index (χ2v) is 3.91. The van der Waals surface area contributed by atoms with Crippen LogP contribution in [0.25, 0.3) is 0 Å². The summed E-state index contributed by atoms with van der Waals surface area (Å²) in [5.41, 5.74) is 0.432. The van der Waals surface area contributed by atoms with Crippen molar-refractivity contribution in [2.45, 2.75) is 0 Å². The Labute approximate surface area is 112 Å². The highest BCUT2D eigenvalue weighted by atomic mass is 35.5. The minimum Gasteiger partial charge on any atom is -0.467 e. The van der Waals surface area contributed by atoms with E-state index in [4.69, 9.17) is 27.9 Å². The molecule has 0 aliphatic carbocycles. The second kappa shape index (κ2) is 5.32. The van der Waals surface area contributed by atoms with Crippen molar-refractivity contribution in [3.63, 3.8) is 0 Å². The highest BCUT2D eigenvalue weighted by Gasteiger charge is 2.07. The van der Waals surface area contributed by atoms with Gasteiger partial charge >= 0.3 is 6.01 Å². The van der Waals surface area contributed by atoms with Crippen LogP contribution in [0.15, 0.2) is 18.2 Å². The number of rotatable bonds is 3. The van der Waals surface area contributed by atoms with Crippen LogP contribution in [0.2, 0.25) is 10.3 Å². The third-order valence-electron chi connectivity index (χ3n) is 1.95. The lowest BCUT2D eigenvalue weighted by Gasteiger charge is -2.06. The first-order chi connectivity index (χ1) is 8.58. The maximum absolute atomic E-state index is 13.2. The van der Waals surface area contributed by atoms with Gasteiger partial charge in [-0.15, -0.1) is 0 Å². The topological polar surface area (TPSA) is 59.9 Å². The zero-order chi connectivity index (χ0) is 13.1. The van der Waals surface area contributed by atoms with Gasteiger partial charge in [0.25, 0.3) is 0 Å². The normalized spacial score (nSPS) is 10.2. The maximum atomic E-state index is 13.2. The fourth-order valence-corrected chi connectivity index (χ4v) is 1.45. The molecule has 2 rings (SSSR count). The van der Waals surface area contributed by atoms with E-state index in [-0.39, 0.29) is 22.3 Å². The molecule has 18 heavy (non-hydrogen) atoms. The van der Waals surface area contributed by atoms with Crippen LogP contribution in [0, 0.1) is 5.82 Å². The molecule has 0 radical (unpaired) electrons. The summed E-state index contributed by atoms with van der Waals surface area (Å²) in [5.74, 6) is -0.401. The Kier molecular flexibility index (Phi) is 3.78. The predicted octanol–water partition coefficient (Wildman–Crippen LogP) is 3.07. The van der Waals surface area contributed by atoms with Crippen molar-refractivity contribution in [2.75, 3.05) is 12.4 Å². The summed E-state index contributed by atoms with van der Waals surface area (Å²) in [6.07, 6.45) is 0. The van der Waals surface area contributed by atoms with E-state index < -0.39 is 5.82 Å². The first-order valence-electron chi connectivity index (χ1n) is 4.76. The number of methoxy groups -OCH3 is 1. The fourth-order valence-electron chi connectivity index (χ4n) is 1.18. The number of aromatic nitrogens is 3.